The Morgan fingerprint density at radius 2 is 1.70 bits per heavy atom. The first-order valence-electron chi connectivity index (χ1n) is 9.72. The zero-order valence-electron chi connectivity index (χ0n) is 17.4. The van der Waals surface area contributed by atoms with E-state index in [1.807, 2.05) is 68.4 Å². The zero-order chi connectivity index (χ0) is 21.5. The van der Waals surface area contributed by atoms with Crippen LogP contribution in [0, 0.1) is 13.8 Å². The summed E-state index contributed by atoms with van der Waals surface area (Å²) in [4.78, 5) is 24.2. The molecule has 6 nitrogen and oxygen atoms in total. The maximum Gasteiger partial charge on any atom is 0.240 e. The third kappa shape index (κ3) is 5.23. The van der Waals surface area contributed by atoms with Gasteiger partial charge in [-0.3, -0.25) is 9.59 Å². The van der Waals surface area contributed by atoms with E-state index in [2.05, 4.69) is 15.8 Å². The molecule has 0 aliphatic carbocycles. The molecule has 3 rings (SSSR count). The first kappa shape index (κ1) is 21.0. The molecule has 3 aromatic rings. The van der Waals surface area contributed by atoms with Gasteiger partial charge in [-0.15, -0.1) is 0 Å². The predicted octanol–water partition coefficient (Wildman–Crippen LogP) is 4.33. The molecule has 0 saturated carbocycles. The first-order chi connectivity index (χ1) is 14.5. The number of hydrogen-bond donors (Lipinski definition) is 2. The van der Waals surface area contributed by atoms with Gasteiger partial charge in [-0.25, -0.2) is 5.43 Å². The number of benzene rings is 3. The Bertz CT molecular complexity index is 1110. The summed E-state index contributed by atoms with van der Waals surface area (Å²) in [5.41, 5.74) is 6.16. The number of fused-ring (bicyclic) bond motifs is 1. The lowest BCUT2D eigenvalue weighted by Crippen LogP contribution is -2.21. The van der Waals surface area contributed by atoms with Crippen molar-refractivity contribution >= 4 is 34.5 Å². The van der Waals surface area contributed by atoms with Crippen molar-refractivity contribution in [1.29, 1.82) is 0 Å². The number of nitrogens with one attached hydrogen (secondary N) is 2. The number of anilines is 1. The van der Waals surface area contributed by atoms with Crippen LogP contribution in [0.3, 0.4) is 0 Å². The first-order valence-corrected chi connectivity index (χ1v) is 9.72. The smallest absolute Gasteiger partial charge is 0.240 e. The minimum absolute atomic E-state index is 0.0530. The van der Waals surface area contributed by atoms with E-state index in [1.165, 1.54) is 0 Å². The second kappa shape index (κ2) is 9.69. The fourth-order valence-corrected chi connectivity index (χ4v) is 3.13. The topological polar surface area (TPSA) is 79.8 Å². The van der Waals surface area contributed by atoms with Crippen LogP contribution in [0.4, 0.5) is 5.69 Å². The van der Waals surface area contributed by atoms with E-state index in [1.54, 1.807) is 13.3 Å². The lowest BCUT2D eigenvalue weighted by Gasteiger charge is -2.09. The van der Waals surface area contributed by atoms with E-state index in [0.29, 0.717) is 0 Å². The largest absolute Gasteiger partial charge is 0.496 e. The number of amides is 2. The molecule has 0 spiro atoms. The summed E-state index contributed by atoms with van der Waals surface area (Å²) in [6, 6.07) is 17.4. The van der Waals surface area contributed by atoms with Crippen molar-refractivity contribution in [3.63, 3.8) is 0 Å². The van der Waals surface area contributed by atoms with Gasteiger partial charge in [-0.05, 0) is 48.6 Å². The monoisotopic (exact) mass is 403 g/mol. The van der Waals surface area contributed by atoms with Gasteiger partial charge in [0.1, 0.15) is 5.75 Å². The Hall–Kier alpha value is -3.67. The number of carbonyl (C=O) groups excluding carboxylic acids is 2. The fourth-order valence-electron chi connectivity index (χ4n) is 3.13. The third-order valence-corrected chi connectivity index (χ3v) is 4.78. The average Bonchev–Trinajstić information content (AvgIpc) is 2.75. The molecule has 3 aromatic carbocycles. The van der Waals surface area contributed by atoms with E-state index in [0.717, 1.165) is 38.9 Å². The Morgan fingerprint density at radius 3 is 2.47 bits per heavy atom. The highest BCUT2D eigenvalue weighted by molar-refractivity contribution is 6.02. The van der Waals surface area contributed by atoms with Crippen LogP contribution in [0.2, 0.25) is 0 Å². The second-order valence-corrected chi connectivity index (χ2v) is 7.06. The number of methoxy groups -OCH3 is 1. The van der Waals surface area contributed by atoms with Gasteiger partial charge < -0.3 is 10.1 Å². The van der Waals surface area contributed by atoms with Crippen molar-refractivity contribution in [3.05, 3.63) is 71.3 Å². The number of aryl methyl sites for hydroxylation is 2. The van der Waals surface area contributed by atoms with Crippen molar-refractivity contribution in [1.82, 2.24) is 5.43 Å². The Labute approximate surface area is 175 Å². The maximum atomic E-state index is 12.1. The Morgan fingerprint density at radius 1 is 0.967 bits per heavy atom. The van der Waals surface area contributed by atoms with E-state index < -0.39 is 0 Å². The molecule has 154 valence electrons. The molecule has 2 N–H and O–H groups in total. The third-order valence-electron chi connectivity index (χ3n) is 4.78. The van der Waals surface area contributed by atoms with Gasteiger partial charge in [0.05, 0.1) is 13.3 Å². The highest BCUT2D eigenvalue weighted by Gasteiger charge is 2.09. The van der Waals surface area contributed by atoms with Crippen molar-refractivity contribution in [2.24, 2.45) is 5.10 Å². The standard InChI is InChI=1S/C24H25N3O3/c1-16-8-9-17(2)21(14-16)26-23(28)12-13-24(29)27-25-15-18-10-11-22(30-3)20-7-5-4-6-19(18)20/h4-11,14-15H,12-13H2,1-3H3,(H,26,28)(H,27,29)/b25-15-. The molecule has 6 heteroatoms. The van der Waals surface area contributed by atoms with Crippen LogP contribution in [0.25, 0.3) is 10.8 Å². The highest BCUT2D eigenvalue weighted by atomic mass is 16.5. The van der Waals surface area contributed by atoms with Crippen molar-refractivity contribution in [3.8, 4) is 5.75 Å². The molecule has 0 saturated heterocycles. The van der Waals surface area contributed by atoms with Crippen LogP contribution < -0.4 is 15.5 Å². The summed E-state index contributed by atoms with van der Waals surface area (Å²) < 4.78 is 5.38. The summed E-state index contributed by atoms with van der Waals surface area (Å²) in [7, 11) is 1.63. The van der Waals surface area contributed by atoms with Crippen LogP contribution in [0.1, 0.15) is 29.5 Å². The number of hydrazone groups is 1. The van der Waals surface area contributed by atoms with Crippen molar-refractivity contribution in [2.45, 2.75) is 26.7 Å². The van der Waals surface area contributed by atoms with E-state index >= 15 is 0 Å². The van der Waals surface area contributed by atoms with Gasteiger partial charge in [-0.2, -0.15) is 5.10 Å². The second-order valence-electron chi connectivity index (χ2n) is 7.06. The molecular weight excluding hydrogens is 378 g/mol. The minimum Gasteiger partial charge on any atom is -0.496 e. The lowest BCUT2D eigenvalue weighted by atomic mass is 10.0. The fraction of sp³-hybridized carbons (Fsp3) is 0.208. The lowest BCUT2D eigenvalue weighted by molar-refractivity contribution is -0.124. The molecule has 0 aliphatic rings. The van der Waals surface area contributed by atoms with E-state index in [-0.39, 0.29) is 24.7 Å². The van der Waals surface area contributed by atoms with Crippen LogP contribution in [0.5, 0.6) is 5.75 Å². The number of carbonyl (C=O) groups is 2. The molecule has 0 radical (unpaired) electrons. The van der Waals surface area contributed by atoms with Gasteiger partial charge in [0, 0.05) is 29.5 Å². The van der Waals surface area contributed by atoms with E-state index in [4.69, 9.17) is 4.74 Å². The summed E-state index contributed by atoms with van der Waals surface area (Å²) in [5.74, 6) is 0.255. The van der Waals surface area contributed by atoms with Gasteiger partial charge in [0.2, 0.25) is 11.8 Å². The van der Waals surface area contributed by atoms with Gasteiger partial charge in [0.25, 0.3) is 0 Å². The predicted molar refractivity (Wildman–Crippen MR) is 120 cm³/mol. The Kier molecular flexibility index (Phi) is 6.80. The normalized spacial score (nSPS) is 10.9. The molecular formula is C24H25N3O3. The van der Waals surface area contributed by atoms with Crippen molar-refractivity contribution < 1.29 is 14.3 Å². The molecule has 0 bridgehead atoms. The number of nitrogens with zero attached hydrogens (tertiary/aromatic N) is 1. The summed E-state index contributed by atoms with van der Waals surface area (Å²) in [6.07, 6.45) is 1.73. The van der Waals surface area contributed by atoms with Gasteiger partial charge in [-0.1, -0.05) is 36.4 Å². The summed E-state index contributed by atoms with van der Waals surface area (Å²) >= 11 is 0. The SMILES string of the molecule is COc1ccc(/C=N\NC(=O)CCC(=O)Nc2cc(C)ccc2C)c2ccccc12. The maximum absolute atomic E-state index is 12.1. The minimum atomic E-state index is -0.319. The van der Waals surface area contributed by atoms with E-state index in [9.17, 15) is 9.59 Å². The molecule has 0 aliphatic heterocycles. The number of rotatable bonds is 7. The molecule has 0 atom stereocenters. The van der Waals surface area contributed by atoms with Crippen LogP contribution in [0.15, 0.2) is 59.7 Å². The Balaban J connectivity index is 1.55. The molecule has 30 heavy (non-hydrogen) atoms. The zero-order valence-corrected chi connectivity index (χ0v) is 17.4. The number of ether oxygens (including phenoxy) is 1. The molecule has 2 amide bonds. The van der Waals surface area contributed by atoms with Crippen molar-refractivity contribution in [2.75, 3.05) is 12.4 Å². The molecule has 0 fully saturated rings. The molecule has 0 aromatic heterocycles. The molecule has 0 unspecified atom stereocenters. The van der Waals surface area contributed by atoms with Crippen LogP contribution in [-0.2, 0) is 9.59 Å². The summed E-state index contributed by atoms with van der Waals surface area (Å²) in [6.45, 7) is 3.89. The molecule has 0 heterocycles. The highest BCUT2D eigenvalue weighted by Crippen LogP contribution is 2.27. The van der Waals surface area contributed by atoms with Crippen LogP contribution in [-0.4, -0.2) is 25.1 Å². The number of hydrogen-bond acceptors (Lipinski definition) is 4. The average molecular weight is 403 g/mol. The quantitative estimate of drug-likeness (QED) is 0.455. The van der Waals surface area contributed by atoms with Crippen LogP contribution >= 0.6 is 0 Å². The van der Waals surface area contributed by atoms with Gasteiger partial charge in [0.15, 0.2) is 0 Å². The summed E-state index contributed by atoms with van der Waals surface area (Å²) in [5, 5.41) is 8.83. The van der Waals surface area contributed by atoms with Gasteiger partial charge >= 0.3 is 0 Å².